The van der Waals surface area contributed by atoms with Crippen LogP contribution in [0.1, 0.15) is 37.4 Å². The van der Waals surface area contributed by atoms with Crippen LogP contribution in [0.2, 0.25) is 5.04 Å². The Balaban J connectivity index is 1.42. The molecule has 0 spiro atoms. The van der Waals surface area contributed by atoms with E-state index < -0.39 is 44.5 Å². The number of nitrogens with one attached hydrogen (secondary N) is 1. The summed E-state index contributed by atoms with van der Waals surface area (Å²) in [5.41, 5.74) is -0.243. The largest absolute Gasteiger partial charge is 0.405 e. The Morgan fingerprint density at radius 1 is 0.938 bits per heavy atom. The second-order valence-electron chi connectivity index (χ2n) is 12.8. The van der Waals surface area contributed by atoms with Crippen LogP contribution in [-0.4, -0.2) is 86.2 Å². The lowest BCUT2D eigenvalue weighted by atomic mass is 10.1. The standard InChI is InChI=1S/C36H44N4O7Si/c1-36(2,3)48(27-17-11-7-12-18-27,28-19-13-8-14-20-28)46-25-29-31(41)32(44-23-24-45-39(4)5)34(47-29)40-22-21-30(38-35(40)43)37-33(42)26-15-9-6-10-16-26/h6-22,29,31-32,34,41H,23-25H2,1-5H3,(H,37,38,42,43)/t29-,31-,32-,34-/m1/s1. The number of aromatic nitrogens is 2. The fourth-order valence-electron chi connectivity index (χ4n) is 6.09. The molecule has 11 nitrogen and oxygen atoms in total. The molecule has 4 aromatic rings. The number of carbonyl (C=O) groups is 1. The molecule has 0 unspecified atom stereocenters. The third-order valence-electron chi connectivity index (χ3n) is 8.32. The second kappa shape index (κ2) is 15.5. The first-order valence-electron chi connectivity index (χ1n) is 16.0. The van der Waals surface area contributed by atoms with Gasteiger partial charge < -0.3 is 24.3 Å². The molecule has 4 atom stereocenters. The lowest BCUT2D eigenvalue weighted by Gasteiger charge is -2.43. The minimum Gasteiger partial charge on any atom is -0.405 e. The van der Waals surface area contributed by atoms with Gasteiger partial charge in [-0.1, -0.05) is 99.6 Å². The molecular formula is C36H44N4O7Si. The van der Waals surface area contributed by atoms with Gasteiger partial charge in [-0.05, 0) is 33.6 Å². The van der Waals surface area contributed by atoms with Crippen LogP contribution in [0.15, 0.2) is 108 Å². The monoisotopic (exact) mass is 672 g/mol. The highest BCUT2D eigenvalue weighted by atomic mass is 28.4. The van der Waals surface area contributed by atoms with Crippen molar-refractivity contribution < 1.29 is 28.6 Å². The first kappa shape index (κ1) is 35.3. The summed E-state index contributed by atoms with van der Waals surface area (Å²) in [6, 6.07) is 30.6. The zero-order valence-electron chi connectivity index (χ0n) is 28.0. The number of hydrogen-bond donors (Lipinski definition) is 2. The molecule has 2 N–H and O–H groups in total. The molecule has 0 saturated carbocycles. The van der Waals surface area contributed by atoms with Gasteiger partial charge in [-0.3, -0.25) is 14.2 Å². The fourth-order valence-corrected chi connectivity index (χ4v) is 10.7. The van der Waals surface area contributed by atoms with Crippen LogP contribution in [0.3, 0.4) is 0 Å². The third-order valence-corrected chi connectivity index (χ3v) is 13.3. The van der Waals surface area contributed by atoms with Crippen LogP contribution in [-0.2, 0) is 18.7 Å². The quantitative estimate of drug-likeness (QED) is 0.125. The van der Waals surface area contributed by atoms with Gasteiger partial charge in [-0.15, -0.1) is 0 Å². The minimum atomic E-state index is -2.95. The topological polar surface area (TPSA) is 124 Å². The molecule has 48 heavy (non-hydrogen) atoms. The van der Waals surface area contributed by atoms with Gasteiger partial charge in [0.15, 0.2) is 6.23 Å². The summed E-state index contributed by atoms with van der Waals surface area (Å²) in [6.07, 6.45) is -2.46. The van der Waals surface area contributed by atoms with Crippen molar-refractivity contribution in [2.24, 2.45) is 0 Å². The van der Waals surface area contributed by atoms with E-state index in [-0.39, 0.29) is 30.7 Å². The van der Waals surface area contributed by atoms with Crippen molar-refractivity contribution in [3.8, 4) is 0 Å². The molecule has 1 saturated heterocycles. The Labute approximate surface area is 282 Å². The summed E-state index contributed by atoms with van der Waals surface area (Å²) in [5.74, 6) is -0.303. The number of anilines is 1. The molecular weight excluding hydrogens is 629 g/mol. The van der Waals surface area contributed by atoms with E-state index in [1.165, 1.54) is 16.8 Å². The lowest BCUT2D eigenvalue weighted by molar-refractivity contribution is -0.151. The fraction of sp³-hybridized carbons (Fsp3) is 0.361. The number of ether oxygens (including phenoxy) is 2. The molecule has 1 aliphatic heterocycles. The highest BCUT2D eigenvalue weighted by Gasteiger charge is 2.52. The maximum absolute atomic E-state index is 13.4. The van der Waals surface area contributed by atoms with Crippen molar-refractivity contribution >= 4 is 30.4 Å². The van der Waals surface area contributed by atoms with Gasteiger partial charge in [0.05, 0.1) is 19.8 Å². The van der Waals surface area contributed by atoms with Crippen LogP contribution in [0.4, 0.5) is 5.82 Å². The summed E-state index contributed by atoms with van der Waals surface area (Å²) in [4.78, 5) is 35.6. The number of rotatable bonds is 13. The van der Waals surface area contributed by atoms with Crippen LogP contribution in [0, 0.1) is 0 Å². The van der Waals surface area contributed by atoms with Crippen molar-refractivity contribution in [2.45, 2.75) is 50.3 Å². The van der Waals surface area contributed by atoms with Crippen molar-refractivity contribution in [2.75, 3.05) is 39.2 Å². The summed E-state index contributed by atoms with van der Waals surface area (Å²) < 4.78 is 20.8. The lowest BCUT2D eigenvalue weighted by Crippen LogP contribution is -2.67. The van der Waals surface area contributed by atoms with Gasteiger partial charge in [-0.2, -0.15) is 10.0 Å². The average Bonchev–Trinajstić information content (AvgIpc) is 3.38. The van der Waals surface area contributed by atoms with E-state index in [4.69, 9.17) is 18.7 Å². The van der Waals surface area contributed by atoms with Gasteiger partial charge in [-0.25, -0.2) is 4.79 Å². The minimum absolute atomic E-state index is 0.0480. The van der Waals surface area contributed by atoms with E-state index in [1.807, 2.05) is 42.5 Å². The van der Waals surface area contributed by atoms with Gasteiger partial charge >= 0.3 is 5.69 Å². The van der Waals surface area contributed by atoms with E-state index >= 15 is 0 Å². The van der Waals surface area contributed by atoms with E-state index in [9.17, 15) is 14.7 Å². The Hall–Kier alpha value is -4.01. The smallest absolute Gasteiger partial charge is 0.351 e. The zero-order valence-corrected chi connectivity index (χ0v) is 29.0. The predicted molar refractivity (Wildman–Crippen MR) is 186 cm³/mol. The Morgan fingerprint density at radius 2 is 1.52 bits per heavy atom. The predicted octanol–water partition coefficient (Wildman–Crippen LogP) is 3.21. The molecule has 1 aromatic heterocycles. The number of hydroxylamine groups is 2. The summed E-state index contributed by atoms with van der Waals surface area (Å²) in [7, 11) is 0.569. The van der Waals surface area contributed by atoms with Gasteiger partial charge in [0, 0.05) is 25.9 Å². The van der Waals surface area contributed by atoms with Gasteiger partial charge in [0.2, 0.25) is 0 Å². The highest BCUT2D eigenvalue weighted by molar-refractivity contribution is 6.99. The first-order chi connectivity index (χ1) is 23.0. The maximum Gasteiger partial charge on any atom is 0.351 e. The normalized spacial score (nSPS) is 19.8. The Morgan fingerprint density at radius 3 is 2.06 bits per heavy atom. The number of nitrogens with zero attached hydrogens (tertiary/aromatic N) is 3. The highest BCUT2D eigenvalue weighted by Crippen LogP contribution is 2.38. The Kier molecular flexibility index (Phi) is 11.4. The molecule has 12 heteroatoms. The van der Waals surface area contributed by atoms with Crippen LogP contribution < -0.4 is 21.4 Å². The summed E-state index contributed by atoms with van der Waals surface area (Å²) in [6.45, 7) is 6.93. The number of benzene rings is 3. The third kappa shape index (κ3) is 7.82. The van der Waals surface area contributed by atoms with Crippen LogP contribution in [0.5, 0.6) is 0 Å². The number of amides is 1. The van der Waals surface area contributed by atoms with Gasteiger partial charge in [0.1, 0.15) is 24.1 Å². The molecule has 1 aliphatic rings. The van der Waals surface area contributed by atoms with E-state index in [2.05, 4.69) is 55.3 Å². The van der Waals surface area contributed by atoms with Crippen molar-refractivity contribution in [3.63, 3.8) is 0 Å². The molecule has 3 aromatic carbocycles. The van der Waals surface area contributed by atoms with E-state index in [1.54, 1.807) is 43.4 Å². The second-order valence-corrected chi connectivity index (χ2v) is 17.1. The molecule has 254 valence electrons. The zero-order chi connectivity index (χ0) is 34.3. The first-order valence-corrected chi connectivity index (χ1v) is 17.9. The van der Waals surface area contributed by atoms with Crippen LogP contribution >= 0.6 is 0 Å². The van der Waals surface area contributed by atoms with Gasteiger partial charge in [0.25, 0.3) is 14.2 Å². The van der Waals surface area contributed by atoms with Crippen molar-refractivity contribution in [1.82, 2.24) is 14.6 Å². The van der Waals surface area contributed by atoms with E-state index in [0.29, 0.717) is 5.56 Å². The molecule has 1 amide bonds. The average molecular weight is 673 g/mol. The molecule has 0 radical (unpaired) electrons. The van der Waals surface area contributed by atoms with Crippen molar-refractivity contribution in [1.29, 1.82) is 0 Å². The molecule has 0 bridgehead atoms. The maximum atomic E-state index is 13.4. The number of aliphatic hydroxyl groups excluding tert-OH is 1. The van der Waals surface area contributed by atoms with Crippen molar-refractivity contribution in [3.05, 3.63) is 119 Å². The Bertz CT molecular complexity index is 1640. The number of aliphatic hydroxyl groups is 1. The number of hydrogen-bond acceptors (Lipinski definition) is 9. The summed E-state index contributed by atoms with van der Waals surface area (Å²) >= 11 is 0. The summed E-state index contributed by atoms with van der Waals surface area (Å²) in [5, 5.41) is 17.8. The molecule has 2 heterocycles. The van der Waals surface area contributed by atoms with E-state index in [0.717, 1.165) is 10.4 Å². The van der Waals surface area contributed by atoms with Crippen LogP contribution in [0.25, 0.3) is 0 Å². The number of carbonyl (C=O) groups excluding carboxylic acids is 1. The molecule has 1 fully saturated rings. The molecule has 0 aliphatic carbocycles. The SMILES string of the molecule is CN(C)OCCO[C@@H]1[C@H](O)[C@@H](CO[Si](c2ccccc2)(c2ccccc2)C(C)(C)C)O[C@H]1n1ccc(NC(=O)c2ccccc2)nc1=O. The molecule has 5 rings (SSSR count).